The molecule has 1 unspecified atom stereocenters. The van der Waals surface area contributed by atoms with Gasteiger partial charge in [-0.25, -0.2) is 5.01 Å². The van der Waals surface area contributed by atoms with Crippen molar-refractivity contribution in [2.45, 2.75) is 5.37 Å². The molecule has 0 radical (unpaired) electrons. The van der Waals surface area contributed by atoms with Crippen LogP contribution in [0.1, 0.15) is 10.9 Å². The lowest BCUT2D eigenvalue weighted by Crippen LogP contribution is -2.13. The van der Waals surface area contributed by atoms with Crippen LogP contribution >= 0.6 is 23.5 Å². The number of fused-ring (bicyclic) bond motifs is 1. The van der Waals surface area contributed by atoms with E-state index in [4.69, 9.17) is 5.73 Å². The summed E-state index contributed by atoms with van der Waals surface area (Å²) in [6.45, 7) is 0. The van der Waals surface area contributed by atoms with Gasteiger partial charge in [-0.1, -0.05) is 23.9 Å². The minimum absolute atomic E-state index is 0.213. The lowest BCUT2D eigenvalue weighted by molar-refractivity contribution is 0.387. The van der Waals surface area contributed by atoms with Gasteiger partial charge in [-0.15, -0.1) is 5.10 Å². The molecule has 0 aromatic heterocycles. The number of thioether (sulfide) groups is 2. The van der Waals surface area contributed by atoms with Crippen molar-refractivity contribution in [1.82, 2.24) is 5.01 Å². The zero-order chi connectivity index (χ0) is 12.7. The van der Waals surface area contributed by atoms with Gasteiger partial charge in [-0.05, 0) is 29.5 Å². The summed E-state index contributed by atoms with van der Waals surface area (Å²) in [5.74, 6) is 0. The minimum atomic E-state index is 0.213. The van der Waals surface area contributed by atoms with Gasteiger partial charge in [0.05, 0.1) is 0 Å². The van der Waals surface area contributed by atoms with Crippen molar-refractivity contribution in [3.8, 4) is 0 Å². The monoisotopic (exact) mass is 278 g/mol. The summed E-state index contributed by atoms with van der Waals surface area (Å²) < 4.78 is 0. The molecule has 18 heavy (non-hydrogen) atoms. The molecule has 4 nitrogen and oxygen atoms in total. The molecule has 94 valence electrons. The predicted molar refractivity (Wildman–Crippen MR) is 80.2 cm³/mol. The molecule has 0 saturated heterocycles. The number of anilines is 1. The van der Waals surface area contributed by atoms with E-state index >= 15 is 0 Å². The Labute approximate surface area is 115 Å². The lowest BCUT2D eigenvalue weighted by atomic mass is 10.2. The van der Waals surface area contributed by atoms with Gasteiger partial charge in [0.2, 0.25) is 0 Å². The van der Waals surface area contributed by atoms with Gasteiger partial charge in [0, 0.05) is 25.2 Å². The van der Waals surface area contributed by atoms with Crippen LogP contribution in [0.2, 0.25) is 0 Å². The van der Waals surface area contributed by atoms with Crippen molar-refractivity contribution in [2.24, 2.45) is 10.8 Å². The lowest BCUT2D eigenvalue weighted by Gasteiger charge is -2.20. The first kappa shape index (κ1) is 11.8. The molecule has 2 N–H and O–H groups in total. The first-order valence-corrected chi connectivity index (χ1v) is 7.35. The first-order chi connectivity index (χ1) is 8.65. The number of amidine groups is 1. The van der Waals surface area contributed by atoms with E-state index in [1.54, 1.807) is 11.8 Å². The number of nitrogens with two attached hydrogens (primary N) is 1. The number of nitrogens with zero attached hydrogens (tertiary/aromatic N) is 3. The molecule has 3 rings (SSSR count). The Kier molecular flexibility index (Phi) is 2.91. The highest BCUT2D eigenvalue weighted by atomic mass is 32.2. The molecule has 1 atom stereocenters. The molecule has 0 amide bonds. The smallest absolute Gasteiger partial charge is 0.184 e. The van der Waals surface area contributed by atoms with Crippen LogP contribution in [-0.2, 0) is 0 Å². The Morgan fingerprint density at radius 2 is 2.00 bits per heavy atom. The summed E-state index contributed by atoms with van der Waals surface area (Å²) in [6, 6.07) is 8.56. The zero-order valence-electron chi connectivity index (χ0n) is 10.2. The molecular weight excluding hydrogens is 264 g/mol. The highest BCUT2D eigenvalue weighted by molar-refractivity contribution is 8.18. The molecular formula is C12H14N4S2. The van der Waals surface area contributed by atoms with E-state index in [9.17, 15) is 0 Å². The third-order valence-electron chi connectivity index (χ3n) is 2.86. The number of benzene rings is 1. The van der Waals surface area contributed by atoms with Crippen molar-refractivity contribution >= 4 is 34.4 Å². The molecule has 0 bridgehead atoms. The van der Waals surface area contributed by atoms with Crippen LogP contribution in [0.3, 0.4) is 0 Å². The van der Waals surface area contributed by atoms with E-state index < -0.39 is 0 Å². The van der Waals surface area contributed by atoms with E-state index in [2.05, 4.69) is 39.7 Å². The Balaban J connectivity index is 1.84. The second kappa shape index (κ2) is 4.44. The Morgan fingerprint density at radius 1 is 1.28 bits per heavy atom. The molecule has 2 aliphatic heterocycles. The average molecular weight is 278 g/mol. The van der Waals surface area contributed by atoms with Crippen molar-refractivity contribution in [3.63, 3.8) is 0 Å². The third-order valence-corrected chi connectivity index (χ3v) is 4.90. The van der Waals surface area contributed by atoms with E-state index in [0.717, 1.165) is 5.03 Å². The maximum Gasteiger partial charge on any atom is 0.184 e. The maximum absolute atomic E-state index is 5.74. The Morgan fingerprint density at radius 3 is 2.67 bits per heavy atom. The number of hydrogen-bond donors (Lipinski definition) is 1. The van der Waals surface area contributed by atoms with Gasteiger partial charge in [-0.2, -0.15) is 0 Å². The quantitative estimate of drug-likeness (QED) is 0.901. The number of rotatable bonds is 2. The van der Waals surface area contributed by atoms with Crippen molar-refractivity contribution in [3.05, 3.63) is 40.3 Å². The number of hydrazone groups is 1. The van der Waals surface area contributed by atoms with E-state index in [1.807, 2.05) is 19.1 Å². The van der Waals surface area contributed by atoms with Crippen LogP contribution in [0.5, 0.6) is 0 Å². The minimum Gasteiger partial charge on any atom is -0.378 e. The summed E-state index contributed by atoms with van der Waals surface area (Å²) in [6.07, 6.45) is 0. The Bertz CT molecular complexity index is 521. The standard InChI is InChI=1S/C12H14N4S2/c1-15(2)9-5-3-8(4-6-9)11-16-10(7-17-11)18-12(13)14-16/h3-7,11H,1-2H3,(H2,13,14). The highest BCUT2D eigenvalue weighted by Crippen LogP contribution is 2.49. The third kappa shape index (κ3) is 1.95. The first-order valence-electron chi connectivity index (χ1n) is 5.59. The van der Waals surface area contributed by atoms with Gasteiger partial charge in [0.15, 0.2) is 5.17 Å². The summed E-state index contributed by atoms with van der Waals surface area (Å²) in [5.41, 5.74) is 8.19. The van der Waals surface area contributed by atoms with Crippen LogP contribution in [0.4, 0.5) is 5.69 Å². The van der Waals surface area contributed by atoms with Crippen LogP contribution in [0, 0.1) is 0 Å². The van der Waals surface area contributed by atoms with Crippen molar-refractivity contribution in [2.75, 3.05) is 19.0 Å². The fraction of sp³-hybridized carbons (Fsp3) is 0.250. The molecule has 2 aliphatic rings. The molecule has 1 aromatic carbocycles. The number of hydrogen-bond acceptors (Lipinski definition) is 6. The second-order valence-corrected chi connectivity index (χ2v) is 6.31. The highest BCUT2D eigenvalue weighted by Gasteiger charge is 2.33. The average Bonchev–Trinajstić information content (AvgIpc) is 2.88. The molecule has 0 aliphatic carbocycles. The zero-order valence-corrected chi connectivity index (χ0v) is 11.8. The van der Waals surface area contributed by atoms with E-state index in [-0.39, 0.29) is 5.37 Å². The van der Waals surface area contributed by atoms with E-state index in [1.165, 1.54) is 23.0 Å². The Hall–Kier alpha value is -1.27. The fourth-order valence-electron chi connectivity index (χ4n) is 1.91. The second-order valence-electron chi connectivity index (χ2n) is 4.32. The SMILES string of the molecule is CN(C)c1ccc(C2SC=C3SC(N)=NN32)cc1. The molecule has 0 fully saturated rings. The summed E-state index contributed by atoms with van der Waals surface area (Å²) in [4.78, 5) is 2.09. The van der Waals surface area contributed by atoms with E-state index in [0.29, 0.717) is 5.17 Å². The van der Waals surface area contributed by atoms with Gasteiger partial charge in [0.1, 0.15) is 10.4 Å². The van der Waals surface area contributed by atoms with Crippen molar-refractivity contribution in [1.29, 1.82) is 0 Å². The van der Waals surface area contributed by atoms with Crippen LogP contribution < -0.4 is 10.6 Å². The summed E-state index contributed by atoms with van der Waals surface area (Å²) >= 11 is 3.30. The van der Waals surface area contributed by atoms with Crippen molar-refractivity contribution < 1.29 is 0 Å². The summed E-state index contributed by atoms with van der Waals surface area (Å²) in [5, 5.41) is 10.4. The van der Waals surface area contributed by atoms with Crippen LogP contribution in [0.25, 0.3) is 0 Å². The molecule has 6 heteroatoms. The normalized spacial score (nSPS) is 21.7. The fourth-order valence-corrected chi connectivity index (χ4v) is 3.87. The van der Waals surface area contributed by atoms with Gasteiger partial charge < -0.3 is 10.6 Å². The van der Waals surface area contributed by atoms with Crippen LogP contribution in [-0.4, -0.2) is 24.3 Å². The summed E-state index contributed by atoms with van der Waals surface area (Å²) in [7, 11) is 4.09. The molecule has 2 heterocycles. The molecule has 1 aromatic rings. The topological polar surface area (TPSA) is 44.9 Å². The van der Waals surface area contributed by atoms with Gasteiger partial charge in [0.25, 0.3) is 0 Å². The molecule has 0 spiro atoms. The largest absolute Gasteiger partial charge is 0.378 e. The molecule has 0 saturated carbocycles. The van der Waals surface area contributed by atoms with Gasteiger partial charge in [-0.3, -0.25) is 0 Å². The predicted octanol–water partition coefficient (Wildman–Crippen LogP) is 2.58. The van der Waals surface area contributed by atoms with Gasteiger partial charge >= 0.3 is 0 Å². The van der Waals surface area contributed by atoms with Crippen LogP contribution in [0.15, 0.2) is 39.8 Å². The maximum atomic E-state index is 5.74.